The fourth-order valence-electron chi connectivity index (χ4n) is 1.39. The van der Waals surface area contributed by atoms with E-state index in [2.05, 4.69) is 10.2 Å². The van der Waals surface area contributed by atoms with Crippen LogP contribution < -0.4 is 4.74 Å². The average Bonchev–Trinajstić information content (AvgIpc) is 2.77. The van der Waals surface area contributed by atoms with Crippen LogP contribution in [0.15, 0.2) is 24.4 Å². The van der Waals surface area contributed by atoms with E-state index in [4.69, 9.17) is 4.74 Å². The zero-order valence-corrected chi connectivity index (χ0v) is 9.32. The molecule has 0 aliphatic carbocycles. The third-order valence-electron chi connectivity index (χ3n) is 2.30. The number of nitro groups is 1. The lowest BCUT2D eigenvalue weighted by Crippen LogP contribution is -2.02. The number of nitro benzene ring substituents is 1. The number of aromatic nitrogens is 3. The minimum Gasteiger partial charge on any atom is -0.479 e. The fraction of sp³-hybridized carbons (Fsp3) is 0.200. The van der Waals surface area contributed by atoms with Gasteiger partial charge in [-0.1, -0.05) is 6.07 Å². The maximum atomic E-state index is 10.7. The summed E-state index contributed by atoms with van der Waals surface area (Å²) in [5.74, 6) is 0.357. The number of benzene rings is 1. The van der Waals surface area contributed by atoms with Crippen LogP contribution in [0.2, 0.25) is 0 Å². The Bertz CT molecular complexity index is 564. The minimum absolute atomic E-state index is 0.00173. The Hall–Kier alpha value is -2.44. The van der Waals surface area contributed by atoms with Crippen LogP contribution in [0, 0.1) is 17.0 Å². The lowest BCUT2D eigenvalue weighted by Gasteiger charge is -2.03. The summed E-state index contributed by atoms with van der Waals surface area (Å²) in [5.41, 5.74) is 1.40. The van der Waals surface area contributed by atoms with Gasteiger partial charge in [0.15, 0.2) is 0 Å². The summed E-state index contributed by atoms with van der Waals surface area (Å²) in [6.07, 6.45) is 1.44. The maximum Gasteiger partial charge on any atom is 0.271 e. The topological polar surface area (TPSA) is 83.1 Å². The van der Waals surface area contributed by atoms with E-state index in [1.54, 1.807) is 6.07 Å². The van der Waals surface area contributed by atoms with Crippen molar-refractivity contribution in [1.82, 2.24) is 15.0 Å². The molecule has 2 aromatic rings. The quantitative estimate of drug-likeness (QED) is 0.593. The maximum absolute atomic E-state index is 10.7. The molecule has 0 aliphatic heterocycles. The smallest absolute Gasteiger partial charge is 0.271 e. The minimum atomic E-state index is -0.455. The lowest BCUT2D eigenvalue weighted by molar-refractivity contribution is -0.384. The molecule has 0 saturated carbocycles. The van der Waals surface area contributed by atoms with Gasteiger partial charge in [-0.15, -0.1) is 9.90 Å². The van der Waals surface area contributed by atoms with Crippen molar-refractivity contribution < 1.29 is 9.66 Å². The number of rotatable bonds is 3. The van der Waals surface area contributed by atoms with E-state index in [9.17, 15) is 10.1 Å². The highest BCUT2D eigenvalue weighted by molar-refractivity contribution is 5.47. The summed E-state index contributed by atoms with van der Waals surface area (Å²) in [4.78, 5) is 11.5. The molecule has 0 unspecified atom stereocenters. The van der Waals surface area contributed by atoms with E-state index in [1.165, 1.54) is 30.2 Å². The highest BCUT2D eigenvalue weighted by Gasteiger charge is 2.12. The first-order valence-corrected chi connectivity index (χ1v) is 4.83. The summed E-state index contributed by atoms with van der Waals surface area (Å²) in [7, 11) is 1.48. The second kappa shape index (κ2) is 4.20. The molecule has 7 nitrogen and oxygen atoms in total. The summed E-state index contributed by atoms with van der Waals surface area (Å²) in [6.45, 7) is 1.83. The molecule has 7 heteroatoms. The first-order valence-electron chi connectivity index (χ1n) is 4.83. The number of ether oxygens (including phenoxy) is 1. The van der Waals surface area contributed by atoms with E-state index in [0.29, 0.717) is 11.6 Å². The predicted molar refractivity (Wildman–Crippen MR) is 59.3 cm³/mol. The van der Waals surface area contributed by atoms with E-state index < -0.39 is 4.92 Å². The van der Waals surface area contributed by atoms with Crippen LogP contribution in [-0.4, -0.2) is 27.0 Å². The van der Waals surface area contributed by atoms with Gasteiger partial charge in [0.1, 0.15) is 6.20 Å². The Kier molecular flexibility index (Phi) is 2.73. The molecule has 1 aromatic heterocycles. The molecule has 0 bridgehead atoms. The molecule has 88 valence electrons. The molecule has 2 rings (SSSR count). The summed E-state index contributed by atoms with van der Waals surface area (Å²) >= 11 is 0. The van der Waals surface area contributed by atoms with Crippen LogP contribution in [-0.2, 0) is 0 Å². The Morgan fingerprint density at radius 2 is 2.24 bits per heavy atom. The van der Waals surface area contributed by atoms with Gasteiger partial charge in [-0.25, -0.2) is 0 Å². The SMILES string of the molecule is COc1cnn(-c2cc([N+](=O)[O-])ccc2C)n1. The van der Waals surface area contributed by atoms with Gasteiger partial charge in [-0.05, 0) is 12.5 Å². The second-order valence-corrected chi connectivity index (χ2v) is 3.40. The summed E-state index contributed by atoms with van der Waals surface area (Å²) in [5, 5.41) is 18.7. The van der Waals surface area contributed by atoms with Gasteiger partial charge in [0, 0.05) is 12.1 Å². The number of hydrogen-bond acceptors (Lipinski definition) is 5. The fourth-order valence-corrected chi connectivity index (χ4v) is 1.39. The van der Waals surface area contributed by atoms with Gasteiger partial charge in [0.25, 0.3) is 11.6 Å². The van der Waals surface area contributed by atoms with Crippen molar-refractivity contribution in [2.24, 2.45) is 0 Å². The number of methoxy groups -OCH3 is 1. The second-order valence-electron chi connectivity index (χ2n) is 3.40. The van der Waals surface area contributed by atoms with Crippen molar-refractivity contribution in [3.05, 3.63) is 40.1 Å². The lowest BCUT2D eigenvalue weighted by atomic mass is 10.2. The van der Waals surface area contributed by atoms with Gasteiger partial charge in [0.2, 0.25) is 0 Å². The van der Waals surface area contributed by atoms with Crippen molar-refractivity contribution in [1.29, 1.82) is 0 Å². The molecule has 0 fully saturated rings. The van der Waals surface area contributed by atoms with Crippen LogP contribution >= 0.6 is 0 Å². The first kappa shape index (κ1) is 11.1. The number of aryl methyl sites for hydroxylation is 1. The molecular formula is C10H10N4O3. The highest BCUT2D eigenvalue weighted by atomic mass is 16.6. The van der Waals surface area contributed by atoms with Crippen molar-refractivity contribution in [2.75, 3.05) is 7.11 Å². The molecule has 0 amide bonds. The van der Waals surface area contributed by atoms with Gasteiger partial charge < -0.3 is 4.74 Å². The van der Waals surface area contributed by atoms with Gasteiger partial charge in [-0.2, -0.15) is 5.10 Å². The Morgan fingerprint density at radius 3 is 2.82 bits per heavy atom. The molecule has 0 spiro atoms. The number of non-ortho nitro benzene ring substituents is 1. The standard InChI is InChI=1S/C10H10N4O3/c1-7-3-4-8(14(15)16)5-9(7)13-11-6-10(12-13)17-2/h3-6H,1-2H3. The zero-order chi connectivity index (χ0) is 12.4. The van der Waals surface area contributed by atoms with Crippen LogP contribution in [0.25, 0.3) is 5.69 Å². The number of hydrogen-bond donors (Lipinski definition) is 0. The Morgan fingerprint density at radius 1 is 1.47 bits per heavy atom. The molecule has 0 N–H and O–H groups in total. The van der Waals surface area contributed by atoms with E-state index in [-0.39, 0.29) is 5.69 Å². The molecule has 1 heterocycles. The third kappa shape index (κ3) is 2.07. The summed E-state index contributed by atoms with van der Waals surface area (Å²) in [6, 6.07) is 4.53. The van der Waals surface area contributed by atoms with E-state index in [0.717, 1.165) is 5.56 Å². The molecule has 0 aliphatic rings. The van der Waals surface area contributed by atoms with Crippen LogP contribution in [0.4, 0.5) is 5.69 Å². The molecule has 1 aromatic carbocycles. The van der Waals surface area contributed by atoms with Gasteiger partial charge in [0.05, 0.1) is 17.7 Å². The Balaban J connectivity index is 2.49. The predicted octanol–water partition coefficient (Wildman–Crippen LogP) is 1.49. The molecule has 0 atom stereocenters. The highest BCUT2D eigenvalue weighted by Crippen LogP contribution is 2.20. The average molecular weight is 234 g/mol. The third-order valence-corrected chi connectivity index (χ3v) is 2.30. The van der Waals surface area contributed by atoms with Crippen LogP contribution in [0.3, 0.4) is 0 Å². The van der Waals surface area contributed by atoms with Crippen molar-refractivity contribution in [3.63, 3.8) is 0 Å². The normalized spacial score (nSPS) is 10.2. The number of nitrogens with zero attached hydrogens (tertiary/aromatic N) is 4. The van der Waals surface area contributed by atoms with Crippen LogP contribution in [0.1, 0.15) is 5.56 Å². The molecular weight excluding hydrogens is 224 g/mol. The van der Waals surface area contributed by atoms with E-state index in [1.807, 2.05) is 6.92 Å². The zero-order valence-electron chi connectivity index (χ0n) is 9.32. The molecule has 17 heavy (non-hydrogen) atoms. The van der Waals surface area contributed by atoms with Crippen molar-refractivity contribution in [2.45, 2.75) is 6.92 Å². The van der Waals surface area contributed by atoms with Crippen molar-refractivity contribution in [3.8, 4) is 11.6 Å². The largest absolute Gasteiger partial charge is 0.479 e. The van der Waals surface area contributed by atoms with Gasteiger partial charge in [-0.3, -0.25) is 10.1 Å². The van der Waals surface area contributed by atoms with Crippen molar-refractivity contribution >= 4 is 5.69 Å². The summed E-state index contributed by atoms with van der Waals surface area (Å²) < 4.78 is 4.91. The Labute approximate surface area is 96.8 Å². The molecule has 0 radical (unpaired) electrons. The van der Waals surface area contributed by atoms with E-state index >= 15 is 0 Å². The monoisotopic (exact) mass is 234 g/mol. The van der Waals surface area contributed by atoms with Crippen LogP contribution in [0.5, 0.6) is 5.88 Å². The molecule has 0 saturated heterocycles. The first-order chi connectivity index (χ1) is 8.11. The van der Waals surface area contributed by atoms with Gasteiger partial charge >= 0.3 is 0 Å².